The Balaban J connectivity index is 2.28. The van der Waals surface area contributed by atoms with E-state index in [0.29, 0.717) is 19.1 Å². The maximum Gasteiger partial charge on any atom is 0.240 e. The molecule has 0 aromatic heterocycles. The van der Waals surface area contributed by atoms with Crippen molar-refractivity contribution < 1.29 is 13.2 Å². The van der Waals surface area contributed by atoms with Crippen LogP contribution in [0.1, 0.15) is 52.4 Å². The molecule has 0 bridgehead atoms. The molecule has 6 heteroatoms. The average Bonchev–Trinajstić information content (AvgIpc) is 2.61. The molecule has 0 heterocycles. The van der Waals surface area contributed by atoms with Gasteiger partial charge in [-0.3, -0.25) is 4.79 Å². The summed E-state index contributed by atoms with van der Waals surface area (Å²) in [7, 11) is -3.40. The Kier molecular flexibility index (Phi) is 6.45. The summed E-state index contributed by atoms with van der Waals surface area (Å²) >= 11 is 0. The normalized spacial score (nSPS) is 18.6. The van der Waals surface area contributed by atoms with Gasteiger partial charge in [0.05, 0.1) is 0 Å². The van der Waals surface area contributed by atoms with Crippen LogP contribution in [-0.4, -0.2) is 44.5 Å². The topological polar surface area (TPSA) is 75.3 Å². The molecular weight excluding hydrogens is 276 g/mol. The van der Waals surface area contributed by atoms with Gasteiger partial charge in [0, 0.05) is 25.4 Å². The highest BCUT2D eigenvalue weighted by atomic mass is 32.2. The van der Waals surface area contributed by atoms with E-state index in [1.54, 1.807) is 0 Å². The third-order valence-electron chi connectivity index (χ3n) is 4.17. The predicted octanol–water partition coefficient (Wildman–Crippen LogP) is 1.24. The molecule has 0 unspecified atom stereocenters. The lowest BCUT2D eigenvalue weighted by atomic mass is 10.1. The van der Waals surface area contributed by atoms with Crippen LogP contribution in [0.3, 0.4) is 0 Å². The molecule has 0 saturated heterocycles. The Hall–Kier alpha value is -0.620. The first-order valence-electron chi connectivity index (χ1n) is 7.46. The van der Waals surface area contributed by atoms with Crippen molar-refractivity contribution >= 4 is 15.7 Å². The van der Waals surface area contributed by atoms with Gasteiger partial charge in [-0.25, -0.2) is 8.42 Å². The highest BCUT2D eigenvalue weighted by Gasteiger charge is 2.38. The zero-order valence-electron chi connectivity index (χ0n) is 12.9. The van der Waals surface area contributed by atoms with Gasteiger partial charge in [0.1, 0.15) is 4.75 Å². The zero-order valence-corrected chi connectivity index (χ0v) is 13.7. The molecule has 1 amide bonds. The molecular formula is C14H28N2O3S. The first kappa shape index (κ1) is 17.4. The monoisotopic (exact) mass is 304 g/mol. The number of hydrogen-bond donors (Lipinski definition) is 2. The first-order valence-corrected chi connectivity index (χ1v) is 9.35. The molecule has 0 aliphatic heterocycles. The molecule has 0 aromatic rings. The molecule has 1 aliphatic carbocycles. The van der Waals surface area contributed by atoms with Crippen molar-refractivity contribution in [2.45, 2.75) is 63.2 Å². The van der Waals surface area contributed by atoms with E-state index in [1.165, 1.54) is 52.4 Å². The van der Waals surface area contributed by atoms with Gasteiger partial charge in [-0.15, -0.1) is 0 Å². The second-order valence-electron chi connectivity index (χ2n) is 6.18. The summed E-state index contributed by atoms with van der Waals surface area (Å²) in [6.07, 6.45) is 8.66. The number of sulfone groups is 1. The minimum atomic E-state index is -3.40. The third kappa shape index (κ3) is 5.05. The number of carbonyl (C=O) groups is 1. The van der Waals surface area contributed by atoms with Crippen LogP contribution < -0.4 is 10.6 Å². The van der Waals surface area contributed by atoms with Crippen molar-refractivity contribution in [2.75, 3.05) is 19.3 Å². The van der Waals surface area contributed by atoms with Crippen LogP contribution in [0.4, 0.5) is 0 Å². The smallest absolute Gasteiger partial charge is 0.240 e. The highest BCUT2D eigenvalue weighted by Crippen LogP contribution is 2.17. The van der Waals surface area contributed by atoms with Crippen LogP contribution in [0.5, 0.6) is 0 Å². The third-order valence-corrected chi connectivity index (χ3v) is 6.21. The van der Waals surface area contributed by atoms with Crippen LogP contribution in [0, 0.1) is 0 Å². The maximum absolute atomic E-state index is 11.9. The van der Waals surface area contributed by atoms with E-state index in [9.17, 15) is 13.2 Å². The average molecular weight is 304 g/mol. The molecule has 2 N–H and O–H groups in total. The minimum Gasteiger partial charge on any atom is -0.353 e. The molecule has 20 heavy (non-hydrogen) atoms. The van der Waals surface area contributed by atoms with Crippen LogP contribution >= 0.6 is 0 Å². The fourth-order valence-corrected chi connectivity index (χ4v) is 2.73. The molecule has 1 rings (SSSR count). The quantitative estimate of drug-likeness (QED) is 0.572. The van der Waals surface area contributed by atoms with E-state index in [-0.39, 0.29) is 0 Å². The fourth-order valence-electron chi connectivity index (χ4n) is 2.32. The van der Waals surface area contributed by atoms with Crippen LogP contribution in [0.15, 0.2) is 0 Å². The van der Waals surface area contributed by atoms with Gasteiger partial charge in [-0.2, -0.15) is 0 Å². The molecule has 1 saturated carbocycles. The van der Waals surface area contributed by atoms with Gasteiger partial charge >= 0.3 is 0 Å². The lowest BCUT2D eigenvalue weighted by Gasteiger charge is -2.22. The van der Waals surface area contributed by atoms with Gasteiger partial charge < -0.3 is 10.6 Å². The Morgan fingerprint density at radius 1 is 1.10 bits per heavy atom. The lowest BCUT2D eigenvalue weighted by Crippen LogP contribution is -2.49. The number of amides is 1. The largest absolute Gasteiger partial charge is 0.353 e. The molecule has 1 fully saturated rings. The summed E-state index contributed by atoms with van der Waals surface area (Å²) in [6, 6.07) is 0.539. The molecule has 0 spiro atoms. The van der Waals surface area contributed by atoms with E-state index in [2.05, 4.69) is 10.6 Å². The minimum absolute atomic E-state index is 0.428. The van der Waals surface area contributed by atoms with Crippen molar-refractivity contribution in [3.63, 3.8) is 0 Å². The Morgan fingerprint density at radius 2 is 1.65 bits per heavy atom. The summed E-state index contributed by atoms with van der Waals surface area (Å²) < 4.78 is 21.7. The Labute approximate surface area is 122 Å². The second-order valence-corrected chi connectivity index (χ2v) is 8.75. The predicted molar refractivity (Wildman–Crippen MR) is 81.4 cm³/mol. The van der Waals surface area contributed by atoms with E-state index in [1.807, 2.05) is 0 Å². The summed E-state index contributed by atoms with van der Waals surface area (Å²) in [6.45, 7) is 4.04. The maximum atomic E-state index is 11.9. The van der Waals surface area contributed by atoms with Crippen LogP contribution in [0.25, 0.3) is 0 Å². The summed E-state index contributed by atoms with van der Waals surface area (Å²) in [5, 5.41) is 6.15. The molecule has 0 atom stereocenters. The molecule has 0 aromatic carbocycles. The van der Waals surface area contributed by atoms with E-state index in [0.717, 1.165) is 6.26 Å². The zero-order chi connectivity index (χ0) is 15.2. The van der Waals surface area contributed by atoms with Gasteiger partial charge in [0.15, 0.2) is 9.84 Å². The number of rotatable bonds is 6. The summed E-state index contributed by atoms with van der Waals surface area (Å²) in [5.74, 6) is -0.428. The van der Waals surface area contributed by atoms with Crippen molar-refractivity contribution in [1.29, 1.82) is 0 Å². The molecule has 118 valence electrons. The van der Waals surface area contributed by atoms with Crippen LogP contribution in [-0.2, 0) is 14.6 Å². The molecule has 1 aliphatic rings. The molecule has 0 radical (unpaired) electrons. The first-order chi connectivity index (χ1) is 9.25. The number of hydrogen-bond acceptors (Lipinski definition) is 4. The van der Waals surface area contributed by atoms with Gasteiger partial charge in [-0.05, 0) is 26.7 Å². The highest BCUT2D eigenvalue weighted by molar-refractivity contribution is 7.92. The SMILES string of the molecule is CC(C)(C(=O)NCCNC1CCCCCC1)S(C)(=O)=O. The van der Waals surface area contributed by atoms with Crippen molar-refractivity contribution in [1.82, 2.24) is 10.6 Å². The number of nitrogens with one attached hydrogen (secondary N) is 2. The summed E-state index contributed by atoms with van der Waals surface area (Å²) in [4.78, 5) is 11.9. The van der Waals surface area contributed by atoms with E-state index < -0.39 is 20.5 Å². The van der Waals surface area contributed by atoms with Crippen LogP contribution in [0.2, 0.25) is 0 Å². The van der Waals surface area contributed by atoms with Crippen molar-refractivity contribution in [3.8, 4) is 0 Å². The van der Waals surface area contributed by atoms with E-state index in [4.69, 9.17) is 0 Å². The van der Waals surface area contributed by atoms with Crippen molar-refractivity contribution in [2.24, 2.45) is 0 Å². The molecule has 5 nitrogen and oxygen atoms in total. The van der Waals surface area contributed by atoms with Gasteiger partial charge in [0.2, 0.25) is 5.91 Å². The lowest BCUT2D eigenvalue weighted by molar-refractivity contribution is -0.122. The summed E-state index contributed by atoms with van der Waals surface area (Å²) in [5.41, 5.74) is 0. The standard InChI is InChI=1S/C14H28N2O3S/c1-14(2,20(3,18)19)13(17)16-11-10-15-12-8-6-4-5-7-9-12/h12,15H,4-11H2,1-3H3,(H,16,17). The fraction of sp³-hybridized carbons (Fsp3) is 0.929. The van der Waals surface area contributed by atoms with Gasteiger partial charge in [-0.1, -0.05) is 25.7 Å². The number of carbonyl (C=O) groups excluding carboxylic acids is 1. The van der Waals surface area contributed by atoms with Gasteiger partial charge in [0.25, 0.3) is 0 Å². The second kappa shape index (κ2) is 7.41. The Morgan fingerprint density at radius 3 is 2.15 bits per heavy atom. The van der Waals surface area contributed by atoms with Crippen molar-refractivity contribution in [3.05, 3.63) is 0 Å². The Bertz CT molecular complexity index is 410. The van der Waals surface area contributed by atoms with E-state index >= 15 is 0 Å².